The number of aromatic hydroxyl groups is 1. The van der Waals surface area contributed by atoms with E-state index in [1.165, 1.54) is 0 Å². The number of hydrogen-bond donors (Lipinski definition) is 1. The Hall–Kier alpha value is -1.06. The minimum atomic E-state index is 0. The van der Waals surface area contributed by atoms with Crippen LogP contribution in [0.1, 0.15) is 36.5 Å². The lowest BCUT2D eigenvalue weighted by Gasteiger charge is -2.15. The van der Waals surface area contributed by atoms with Crippen LogP contribution in [0.15, 0.2) is 24.3 Å². The van der Waals surface area contributed by atoms with Gasteiger partial charge in [-0.05, 0) is 32.1 Å². The predicted molar refractivity (Wildman–Crippen MR) is 76.7 cm³/mol. The van der Waals surface area contributed by atoms with Gasteiger partial charge in [-0.3, -0.25) is 4.79 Å². The average molecular weight is 272 g/mol. The molecule has 0 amide bonds. The summed E-state index contributed by atoms with van der Waals surface area (Å²) in [6, 6.07) is 6.71. The molecule has 0 unspecified atom stereocenters. The standard InChI is InChI=1S/C14H21NO2.ClH/c1-3-4-10-15(2)11-9-14(17)12-7-5-6-8-13(12)16;/h5-8,16H,3-4,9-11H2,1-2H3;1H. The number of rotatable bonds is 7. The zero-order valence-corrected chi connectivity index (χ0v) is 11.9. The number of halogens is 1. The first kappa shape index (κ1) is 16.9. The van der Waals surface area contributed by atoms with Crippen molar-refractivity contribution in [3.8, 4) is 5.75 Å². The topological polar surface area (TPSA) is 40.5 Å². The van der Waals surface area contributed by atoms with E-state index in [0.29, 0.717) is 12.0 Å². The van der Waals surface area contributed by atoms with Crippen LogP contribution in [0.3, 0.4) is 0 Å². The molecule has 0 fully saturated rings. The Labute approximate surface area is 115 Å². The average Bonchev–Trinajstić information content (AvgIpc) is 2.34. The van der Waals surface area contributed by atoms with Crippen molar-refractivity contribution in [1.82, 2.24) is 4.90 Å². The van der Waals surface area contributed by atoms with Gasteiger partial charge in [-0.2, -0.15) is 0 Å². The Morgan fingerprint density at radius 1 is 1.28 bits per heavy atom. The molecule has 0 heterocycles. The molecule has 0 saturated heterocycles. The number of nitrogens with zero attached hydrogens (tertiary/aromatic N) is 1. The van der Waals surface area contributed by atoms with Gasteiger partial charge in [0.15, 0.2) is 5.78 Å². The predicted octanol–water partition coefficient (Wildman–Crippen LogP) is 3.12. The molecule has 18 heavy (non-hydrogen) atoms. The van der Waals surface area contributed by atoms with Crippen LogP contribution in [0, 0.1) is 0 Å². The van der Waals surface area contributed by atoms with Crippen LogP contribution in [-0.4, -0.2) is 35.9 Å². The summed E-state index contributed by atoms with van der Waals surface area (Å²) in [6.45, 7) is 3.92. The maximum absolute atomic E-state index is 11.9. The fourth-order valence-corrected chi connectivity index (χ4v) is 1.68. The molecule has 0 radical (unpaired) electrons. The molecule has 0 bridgehead atoms. The van der Waals surface area contributed by atoms with Crippen molar-refractivity contribution in [2.75, 3.05) is 20.1 Å². The van der Waals surface area contributed by atoms with Gasteiger partial charge >= 0.3 is 0 Å². The van der Waals surface area contributed by atoms with E-state index in [1.807, 2.05) is 7.05 Å². The van der Waals surface area contributed by atoms with Crippen LogP contribution >= 0.6 is 12.4 Å². The Morgan fingerprint density at radius 2 is 1.94 bits per heavy atom. The highest BCUT2D eigenvalue weighted by atomic mass is 35.5. The summed E-state index contributed by atoms with van der Waals surface area (Å²) < 4.78 is 0. The van der Waals surface area contributed by atoms with Gasteiger partial charge in [-0.1, -0.05) is 25.5 Å². The minimum Gasteiger partial charge on any atom is -0.507 e. The van der Waals surface area contributed by atoms with Gasteiger partial charge in [0, 0.05) is 13.0 Å². The number of unbranched alkanes of at least 4 members (excludes halogenated alkanes) is 1. The van der Waals surface area contributed by atoms with E-state index in [-0.39, 0.29) is 23.9 Å². The highest BCUT2D eigenvalue weighted by Crippen LogP contribution is 2.17. The molecule has 1 N–H and O–H groups in total. The van der Waals surface area contributed by atoms with Crippen LogP contribution in [0.4, 0.5) is 0 Å². The van der Waals surface area contributed by atoms with E-state index in [2.05, 4.69) is 11.8 Å². The van der Waals surface area contributed by atoms with Crippen LogP contribution < -0.4 is 0 Å². The molecule has 0 aliphatic carbocycles. The maximum atomic E-state index is 11.9. The largest absolute Gasteiger partial charge is 0.507 e. The van der Waals surface area contributed by atoms with Gasteiger partial charge in [-0.15, -0.1) is 12.4 Å². The first-order valence-electron chi connectivity index (χ1n) is 6.15. The van der Waals surface area contributed by atoms with E-state index in [0.717, 1.165) is 25.9 Å². The molecule has 0 aliphatic heterocycles. The summed E-state index contributed by atoms with van der Waals surface area (Å²) in [5.41, 5.74) is 0.427. The van der Waals surface area contributed by atoms with Crippen LogP contribution in [0.25, 0.3) is 0 Å². The summed E-state index contributed by atoms with van der Waals surface area (Å²) in [7, 11) is 2.02. The molecule has 3 nitrogen and oxygen atoms in total. The van der Waals surface area contributed by atoms with E-state index >= 15 is 0 Å². The van der Waals surface area contributed by atoms with Crippen LogP contribution in [-0.2, 0) is 0 Å². The number of Topliss-reactive ketones (excluding diaryl/α,β-unsaturated/α-hetero) is 1. The molecule has 0 atom stereocenters. The molecule has 4 heteroatoms. The molecule has 0 aliphatic rings. The number of carbonyl (C=O) groups is 1. The number of ketones is 1. The molecule has 0 saturated carbocycles. The lowest BCUT2D eigenvalue weighted by molar-refractivity contribution is 0.0966. The summed E-state index contributed by atoms with van der Waals surface area (Å²) >= 11 is 0. The van der Waals surface area contributed by atoms with Gasteiger partial charge in [0.1, 0.15) is 5.75 Å². The molecular formula is C14H22ClNO2. The van der Waals surface area contributed by atoms with Gasteiger partial charge in [0.05, 0.1) is 5.56 Å². The number of hydrogen-bond acceptors (Lipinski definition) is 3. The highest BCUT2D eigenvalue weighted by Gasteiger charge is 2.10. The van der Waals surface area contributed by atoms with Gasteiger partial charge in [0.25, 0.3) is 0 Å². The molecule has 1 aromatic carbocycles. The van der Waals surface area contributed by atoms with Crippen molar-refractivity contribution in [2.45, 2.75) is 26.2 Å². The Balaban J connectivity index is 0.00000289. The van der Waals surface area contributed by atoms with Crippen LogP contribution in [0.2, 0.25) is 0 Å². The van der Waals surface area contributed by atoms with Crippen molar-refractivity contribution in [3.05, 3.63) is 29.8 Å². The second-order valence-corrected chi connectivity index (χ2v) is 4.35. The Bertz CT molecular complexity index is 369. The lowest BCUT2D eigenvalue weighted by Crippen LogP contribution is -2.23. The molecule has 0 spiro atoms. The summed E-state index contributed by atoms with van der Waals surface area (Å²) in [5.74, 6) is 0.0835. The lowest BCUT2D eigenvalue weighted by atomic mass is 10.1. The Morgan fingerprint density at radius 3 is 2.56 bits per heavy atom. The van der Waals surface area contributed by atoms with Gasteiger partial charge in [0.2, 0.25) is 0 Å². The van der Waals surface area contributed by atoms with E-state index in [1.54, 1.807) is 24.3 Å². The van der Waals surface area contributed by atoms with Gasteiger partial charge < -0.3 is 10.0 Å². The second-order valence-electron chi connectivity index (χ2n) is 4.35. The molecule has 102 valence electrons. The molecular weight excluding hydrogens is 250 g/mol. The highest BCUT2D eigenvalue weighted by molar-refractivity contribution is 5.98. The van der Waals surface area contributed by atoms with Gasteiger partial charge in [-0.25, -0.2) is 0 Å². The fourth-order valence-electron chi connectivity index (χ4n) is 1.68. The molecule has 1 rings (SSSR count). The summed E-state index contributed by atoms with van der Waals surface area (Å²) in [4.78, 5) is 14.0. The Kier molecular flexibility index (Phi) is 8.42. The van der Waals surface area contributed by atoms with Crippen molar-refractivity contribution >= 4 is 18.2 Å². The monoisotopic (exact) mass is 271 g/mol. The first-order chi connectivity index (χ1) is 8.15. The zero-order chi connectivity index (χ0) is 12.7. The number of carbonyl (C=O) groups excluding carboxylic acids is 1. The zero-order valence-electron chi connectivity index (χ0n) is 11.1. The van der Waals surface area contributed by atoms with Crippen molar-refractivity contribution in [2.24, 2.45) is 0 Å². The summed E-state index contributed by atoms with van der Waals surface area (Å²) in [5, 5.41) is 9.55. The van der Waals surface area contributed by atoms with E-state index < -0.39 is 0 Å². The smallest absolute Gasteiger partial charge is 0.167 e. The van der Waals surface area contributed by atoms with Crippen molar-refractivity contribution in [1.29, 1.82) is 0 Å². The number of para-hydroxylation sites is 1. The fraction of sp³-hybridized carbons (Fsp3) is 0.500. The third-order valence-electron chi connectivity index (χ3n) is 2.82. The third-order valence-corrected chi connectivity index (χ3v) is 2.82. The number of phenolic OH excluding ortho intramolecular Hbond substituents is 1. The SMILES string of the molecule is CCCCN(C)CCC(=O)c1ccccc1O.Cl. The van der Waals surface area contributed by atoms with Crippen LogP contribution in [0.5, 0.6) is 5.75 Å². The summed E-state index contributed by atoms with van der Waals surface area (Å²) in [6.07, 6.45) is 2.77. The first-order valence-corrected chi connectivity index (χ1v) is 6.15. The van der Waals surface area contributed by atoms with Crippen molar-refractivity contribution < 1.29 is 9.90 Å². The maximum Gasteiger partial charge on any atom is 0.167 e. The number of phenols is 1. The second kappa shape index (κ2) is 8.95. The number of benzene rings is 1. The third kappa shape index (κ3) is 5.52. The minimum absolute atomic E-state index is 0. The normalized spacial score (nSPS) is 10.2. The molecule has 1 aromatic rings. The van der Waals surface area contributed by atoms with Crippen molar-refractivity contribution in [3.63, 3.8) is 0 Å². The molecule has 0 aromatic heterocycles. The quantitative estimate of drug-likeness (QED) is 0.775. The van der Waals surface area contributed by atoms with E-state index in [9.17, 15) is 9.90 Å². The van der Waals surface area contributed by atoms with E-state index in [4.69, 9.17) is 0 Å².